The molecule has 0 unspecified atom stereocenters. The van der Waals surface area contributed by atoms with Gasteiger partial charge in [-0.2, -0.15) is 0 Å². The Balaban J connectivity index is 1.42. The predicted octanol–water partition coefficient (Wildman–Crippen LogP) is 5.14. The van der Waals surface area contributed by atoms with E-state index in [-0.39, 0.29) is 25.7 Å². The third-order valence-corrected chi connectivity index (χ3v) is 11.9. The van der Waals surface area contributed by atoms with Crippen LogP contribution in [0.1, 0.15) is 78.1 Å². The van der Waals surface area contributed by atoms with Crippen LogP contribution in [0.4, 0.5) is 10.5 Å². The number of likely N-dealkylation sites (tertiary alicyclic amines) is 1. The molecule has 0 bridgehead atoms. The molecule has 12 heteroatoms. The SMILES string of the molecule is NC(=O)NCC#Cc1ccc2c(c1)[C@]1(C(=O)N2)[C@H](c2cccc(OCCO)c2)N2[C@H](c3ccccc3)[C@H](c3ccccc3)OC(=O)[C@H]2[C@@H]1C(=O)N1CCCCCCC1. The fraction of sp³-hybridized carbons (Fsp3) is 0.348. The monoisotopic (exact) mass is 781 g/mol. The molecule has 4 heterocycles. The molecular formula is C46H47N5O7. The topological polar surface area (TPSA) is 164 Å². The Morgan fingerprint density at radius 2 is 1.55 bits per heavy atom. The molecule has 0 saturated carbocycles. The first-order valence-electron chi connectivity index (χ1n) is 20.0. The summed E-state index contributed by atoms with van der Waals surface area (Å²) in [5.74, 6) is 4.00. The Morgan fingerprint density at radius 3 is 2.26 bits per heavy atom. The third-order valence-electron chi connectivity index (χ3n) is 11.9. The Kier molecular flexibility index (Phi) is 11.2. The number of carbonyl (C=O) groups excluding carboxylic acids is 4. The number of carbonyl (C=O) groups is 4. The summed E-state index contributed by atoms with van der Waals surface area (Å²) in [6, 6.07) is 28.6. The van der Waals surface area contributed by atoms with Crippen LogP contribution in [0.2, 0.25) is 0 Å². The molecule has 0 aliphatic carbocycles. The van der Waals surface area contributed by atoms with Crippen molar-refractivity contribution >= 4 is 29.5 Å². The molecule has 0 aromatic heterocycles. The number of nitrogens with zero attached hydrogens (tertiary/aromatic N) is 2. The molecule has 4 aliphatic rings. The molecule has 1 spiro atoms. The number of anilines is 1. The fourth-order valence-corrected chi connectivity index (χ4v) is 9.53. The second-order valence-electron chi connectivity index (χ2n) is 15.2. The molecule has 298 valence electrons. The van der Waals surface area contributed by atoms with E-state index in [2.05, 4.69) is 27.4 Å². The molecular weight excluding hydrogens is 735 g/mol. The zero-order valence-electron chi connectivity index (χ0n) is 32.1. The molecule has 4 amide bonds. The van der Waals surface area contributed by atoms with E-state index in [0.717, 1.165) is 43.2 Å². The van der Waals surface area contributed by atoms with Crippen LogP contribution in [0.5, 0.6) is 5.75 Å². The van der Waals surface area contributed by atoms with Crippen LogP contribution in [-0.2, 0) is 24.5 Å². The number of fused-ring (bicyclic) bond motifs is 3. The van der Waals surface area contributed by atoms with E-state index in [1.807, 2.05) is 89.8 Å². The van der Waals surface area contributed by atoms with Crippen molar-refractivity contribution < 1.29 is 33.8 Å². The van der Waals surface area contributed by atoms with Gasteiger partial charge in [0.25, 0.3) is 0 Å². The van der Waals surface area contributed by atoms with Gasteiger partial charge in [0.15, 0.2) is 0 Å². The van der Waals surface area contributed by atoms with Gasteiger partial charge in [-0.25, -0.2) is 4.79 Å². The maximum Gasteiger partial charge on any atom is 0.324 e. The first-order chi connectivity index (χ1) is 28.3. The first-order valence-corrected chi connectivity index (χ1v) is 20.0. The number of nitrogens with two attached hydrogens (primary N) is 1. The summed E-state index contributed by atoms with van der Waals surface area (Å²) in [6.07, 6.45) is 3.86. The standard InChI is InChI=1S/C46H47N5O7/c47-45(56)48-23-13-14-30-21-22-36-35(28-30)46(44(55)49-36)37(42(53)50-24-10-2-1-3-11-25-50)39-43(54)58-40(32-17-8-5-9-18-32)38(31-15-6-4-7-16-31)51(39)41(46)33-19-12-20-34(29-33)57-27-26-52/h4-9,12,15-22,28-29,37-41,52H,1-3,10-11,23-27H2,(H,49,55)(H3,47,48,56)/t37-,38-,39-,40+,41+,46-/m1/s1. The number of rotatable bonds is 8. The molecule has 58 heavy (non-hydrogen) atoms. The van der Waals surface area contributed by atoms with Crippen molar-refractivity contribution in [2.45, 2.75) is 61.7 Å². The largest absolute Gasteiger partial charge is 0.491 e. The van der Waals surface area contributed by atoms with Gasteiger partial charge in [-0.15, -0.1) is 0 Å². The van der Waals surface area contributed by atoms with Gasteiger partial charge in [0.1, 0.15) is 29.9 Å². The van der Waals surface area contributed by atoms with E-state index in [1.54, 1.807) is 18.2 Å². The minimum Gasteiger partial charge on any atom is -0.491 e. The number of hydrogen-bond donors (Lipinski definition) is 4. The number of cyclic esters (lactones) is 1. The van der Waals surface area contributed by atoms with Crippen LogP contribution in [0.3, 0.4) is 0 Å². The summed E-state index contributed by atoms with van der Waals surface area (Å²) in [4.78, 5) is 61.6. The van der Waals surface area contributed by atoms with Crippen LogP contribution in [0, 0.1) is 17.8 Å². The minimum absolute atomic E-state index is 0.00932. The zero-order valence-corrected chi connectivity index (χ0v) is 32.1. The number of primary amides is 1. The van der Waals surface area contributed by atoms with Gasteiger partial charge in [0.05, 0.1) is 31.2 Å². The van der Waals surface area contributed by atoms with Crippen LogP contribution in [0.25, 0.3) is 0 Å². The number of esters is 1. The fourth-order valence-electron chi connectivity index (χ4n) is 9.53. The maximum atomic E-state index is 15.7. The molecule has 12 nitrogen and oxygen atoms in total. The van der Waals surface area contributed by atoms with Crippen molar-refractivity contribution in [3.8, 4) is 17.6 Å². The normalized spacial score (nSPS) is 25.3. The minimum atomic E-state index is -1.67. The second kappa shape index (κ2) is 16.7. The van der Waals surface area contributed by atoms with Gasteiger partial charge in [0.2, 0.25) is 11.8 Å². The average Bonchev–Trinajstić information content (AvgIpc) is 3.70. The van der Waals surface area contributed by atoms with Crippen molar-refractivity contribution in [1.82, 2.24) is 15.1 Å². The molecule has 4 aliphatic heterocycles. The summed E-state index contributed by atoms with van der Waals surface area (Å²) < 4.78 is 12.5. The van der Waals surface area contributed by atoms with Gasteiger partial charge in [-0.1, -0.05) is 104 Å². The third kappa shape index (κ3) is 7.05. The number of amides is 4. The number of nitrogens with one attached hydrogen (secondary N) is 2. The quantitative estimate of drug-likeness (QED) is 0.141. The summed E-state index contributed by atoms with van der Waals surface area (Å²) in [5, 5.41) is 15.3. The molecule has 8 rings (SSSR count). The lowest BCUT2D eigenvalue weighted by atomic mass is 9.65. The Bertz CT molecular complexity index is 2230. The number of ether oxygens (including phenoxy) is 2. The second-order valence-corrected chi connectivity index (χ2v) is 15.2. The van der Waals surface area contributed by atoms with E-state index in [9.17, 15) is 9.90 Å². The van der Waals surface area contributed by atoms with Crippen molar-refractivity contribution in [2.24, 2.45) is 11.7 Å². The van der Waals surface area contributed by atoms with Gasteiger partial charge in [-0.3, -0.25) is 19.3 Å². The van der Waals surface area contributed by atoms with Crippen molar-refractivity contribution in [3.05, 3.63) is 131 Å². The molecule has 6 atom stereocenters. The molecule has 3 fully saturated rings. The lowest BCUT2D eigenvalue weighted by Gasteiger charge is -2.46. The van der Waals surface area contributed by atoms with E-state index >= 15 is 14.4 Å². The lowest BCUT2D eigenvalue weighted by molar-refractivity contribution is -0.179. The number of morpholine rings is 1. The van der Waals surface area contributed by atoms with Crippen LogP contribution in [-0.4, -0.2) is 77.6 Å². The highest BCUT2D eigenvalue weighted by Crippen LogP contribution is 2.65. The van der Waals surface area contributed by atoms with Crippen LogP contribution in [0.15, 0.2) is 103 Å². The molecule has 0 radical (unpaired) electrons. The first kappa shape index (κ1) is 38.7. The molecule has 3 saturated heterocycles. The molecule has 5 N–H and O–H groups in total. The van der Waals surface area contributed by atoms with Crippen LogP contribution >= 0.6 is 0 Å². The van der Waals surface area contributed by atoms with Gasteiger partial charge in [0, 0.05) is 24.3 Å². The van der Waals surface area contributed by atoms with Crippen molar-refractivity contribution in [3.63, 3.8) is 0 Å². The summed E-state index contributed by atoms with van der Waals surface area (Å²) in [7, 11) is 0. The van der Waals surface area contributed by atoms with Gasteiger partial charge < -0.3 is 35.8 Å². The average molecular weight is 782 g/mol. The Morgan fingerprint density at radius 1 is 0.862 bits per heavy atom. The predicted molar refractivity (Wildman–Crippen MR) is 216 cm³/mol. The number of aliphatic hydroxyl groups excluding tert-OH is 1. The Hall–Kier alpha value is -6.16. The highest BCUT2D eigenvalue weighted by atomic mass is 16.6. The van der Waals surface area contributed by atoms with Crippen molar-refractivity contribution in [2.75, 3.05) is 38.2 Å². The number of urea groups is 1. The molecule has 4 aromatic carbocycles. The Labute approximate surface area is 337 Å². The zero-order chi connectivity index (χ0) is 40.2. The van der Waals surface area contributed by atoms with Gasteiger partial charge in [-0.05, 0) is 65.4 Å². The number of benzene rings is 4. The highest BCUT2D eigenvalue weighted by Gasteiger charge is 2.74. The summed E-state index contributed by atoms with van der Waals surface area (Å²) in [5.41, 5.74) is 7.47. The van der Waals surface area contributed by atoms with Crippen LogP contribution < -0.4 is 21.1 Å². The van der Waals surface area contributed by atoms with E-state index in [1.165, 1.54) is 0 Å². The van der Waals surface area contributed by atoms with E-state index in [4.69, 9.17) is 15.2 Å². The highest BCUT2D eigenvalue weighted by molar-refractivity contribution is 6.12. The lowest BCUT2D eigenvalue weighted by Crippen LogP contribution is -2.55. The molecule has 4 aromatic rings. The number of aliphatic hydroxyl groups is 1. The summed E-state index contributed by atoms with van der Waals surface area (Å²) in [6.45, 7) is 0.864. The maximum absolute atomic E-state index is 15.7. The van der Waals surface area contributed by atoms with Gasteiger partial charge >= 0.3 is 12.0 Å². The smallest absolute Gasteiger partial charge is 0.324 e. The van der Waals surface area contributed by atoms with E-state index in [0.29, 0.717) is 41.2 Å². The van der Waals surface area contributed by atoms with E-state index < -0.39 is 53.5 Å². The summed E-state index contributed by atoms with van der Waals surface area (Å²) >= 11 is 0. The van der Waals surface area contributed by atoms with Crippen molar-refractivity contribution in [1.29, 1.82) is 0 Å². The number of hydrogen-bond acceptors (Lipinski definition) is 8.